The van der Waals surface area contributed by atoms with Crippen molar-refractivity contribution in [3.05, 3.63) is 48.0 Å². The summed E-state index contributed by atoms with van der Waals surface area (Å²) in [6.45, 7) is 0. The number of methoxy groups -OCH3 is 2. The van der Waals surface area contributed by atoms with Crippen LogP contribution in [0.1, 0.15) is 10.4 Å². The van der Waals surface area contributed by atoms with Crippen LogP contribution in [0.15, 0.2) is 42.5 Å². The Morgan fingerprint density at radius 2 is 1.70 bits per heavy atom. The summed E-state index contributed by atoms with van der Waals surface area (Å²) in [4.78, 5) is 11.7. The van der Waals surface area contributed by atoms with Crippen LogP contribution in [-0.2, 0) is 4.74 Å². The molecule has 2 aromatic carbocycles. The smallest absolute Gasteiger partial charge is 0.341 e. The molecule has 0 aliphatic carbocycles. The first kappa shape index (κ1) is 13.7. The lowest BCUT2D eigenvalue weighted by atomic mass is 10.2. The van der Waals surface area contributed by atoms with E-state index in [9.17, 15) is 4.79 Å². The second kappa shape index (κ2) is 5.97. The van der Waals surface area contributed by atoms with Gasteiger partial charge in [-0.2, -0.15) is 0 Å². The van der Waals surface area contributed by atoms with E-state index in [-0.39, 0.29) is 5.56 Å². The molecule has 0 saturated carbocycles. The summed E-state index contributed by atoms with van der Waals surface area (Å²) in [5.74, 6) is 0.919. The van der Waals surface area contributed by atoms with Gasteiger partial charge in [0, 0.05) is 5.69 Å². The number of esters is 1. The van der Waals surface area contributed by atoms with Gasteiger partial charge in [0.25, 0.3) is 0 Å². The molecular formula is C15H15NO4. The average molecular weight is 273 g/mol. The van der Waals surface area contributed by atoms with Crippen LogP contribution >= 0.6 is 0 Å². The van der Waals surface area contributed by atoms with Gasteiger partial charge in [0.05, 0.1) is 14.2 Å². The first-order chi connectivity index (χ1) is 9.65. The number of ether oxygens (including phenoxy) is 3. The lowest BCUT2D eigenvalue weighted by molar-refractivity contribution is 0.0598. The zero-order valence-electron chi connectivity index (χ0n) is 11.3. The highest BCUT2D eigenvalue weighted by molar-refractivity contribution is 5.93. The summed E-state index contributed by atoms with van der Waals surface area (Å²) in [5.41, 5.74) is 6.40. The van der Waals surface area contributed by atoms with E-state index < -0.39 is 5.97 Å². The fourth-order valence-corrected chi connectivity index (χ4v) is 1.73. The van der Waals surface area contributed by atoms with Gasteiger partial charge in [-0.3, -0.25) is 0 Å². The van der Waals surface area contributed by atoms with Crippen LogP contribution in [0.4, 0.5) is 5.69 Å². The Labute approximate surface area is 116 Å². The lowest BCUT2D eigenvalue weighted by Crippen LogP contribution is -2.05. The Morgan fingerprint density at radius 3 is 2.35 bits per heavy atom. The Morgan fingerprint density at radius 1 is 1.00 bits per heavy atom. The lowest BCUT2D eigenvalue weighted by Gasteiger charge is -2.13. The Hall–Kier alpha value is -2.69. The van der Waals surface area contributed by atoms with Gasteiger partial charge in [0.2, 0.25) is 0 Å². The second-order valence-corrected chi connectivity index (χ2v) is 4.00. The van der Waals surface area contributed by atoms with Crippen LogP contribution < -0.4 is 15.2 Å². The first-order valence-corrected chi connectivity index (χ1v) is 5.94. The minimum absolute atomic E-state index is 0.262. The highest BCUT2D eigenvalue weighted by Gasteiger charge is 2.15. The average Bonchev–Trinajstić information content (AvgIpc) is 2.48. The number of benzene rings is 2. The van der Waals surface area contributed by atoms with Gasteiger partial charge < -0.3 is 19.9 Å². The summed E-state index contributed by atoms with van der Waals surface area (Å²) < 4.78 is 15.7. The van der Waals surface area contributed by atoms with Crippen molar-refractivity contribution in [2.45, 2.75) is 0 Å². The molecule has 2 aromatic rings. The molecule has 0 aliphatic rings. The molecule has 0 radical (unpaired) electrons. The predicted molar refractivity (Wildman–Crippen MR) is 75.3 cm³/mol. The number of anilines is 1. The van der Waals surface area contributed by atoms with Crippen LogP contribution in [0, 0.1) is 0 Å². The third-order valence-corrected chi connectivity index (χ3v) is 2.70. The molecule has 0 unspecified atom stereocenters. The molecule has 0 aromatic heterocycles. The number of hydrogen-bond acceptors (Lipinski definition) is 5. The molecule has 0 amide bonds. The monoisotopic (exact) mass is 273 g/mol. The third kappa shape index (κ3) is 2.83. The maximum atomic E-state index is 11.7. The highest BCUT2D eigenvalue weighted by Crippen LogP contribution is 2.33. The van der Waals surface area contributed by atoms with Gasteiger partial charge in [-0.1, -0.05) is 12.1 Å². The fraction of sp³-hybridized carbons (Fsp3) is 0.133. The van der Waals surface area contributed by atoms with Gasteiger partial charge in [-0.05, 0) is 30.3 Å². The number of rotatable bonds is 4. The normalized spacial score (nSPS) is 9.90. The Bertz CT molecular complexity index is 625. The molecule has 0 fully saturated rings. The van der Waals surface area contributed by atoms with E-state index in [2.05, 4.69) is 0 Å². The number of para-hydroxylation sites is 2. The van der Waals surface area contributed by atoms with E-state index in [1.807, 2.05) is 12.1 Å². The highest BCUT2D eigenvalue weighted by atomic mass is 16.5. The van der Waals surface area contributed by atoms with Crippen molar-refractivity contribution >= 4 is 11.7 Å². The van der Waals surface area contributed by atoms with Gasteiger partial charge in [0.15, 0.2) is 11.5 Å². The summed E-state index contributed by atoms with van der Waals surface area (Å²) in [6.07, 6.45) is 0. The number of hydrogen-bond donors (Lipinski definition) is 1. The molecule has 0 aliphatic heterocycles. The zero-order valence-corrected chi connectivity index (χ0v) is 11.3. The summed E-state index contributed by atoms with van der Waals surface area (Å²) in [6, 6.07) is 11.9. The molecule has 20 heavy (non-hydrogen) atoms. The van der Waals surface area contributed by atoms with Gasteiger partial charge in [-0.15, -0.1) is 0 Å². The van der Waals surface area contributed by atoms with Crippen molar-refractivity contribution in [3.8, 4) is 17.2 Å². The molecule has 0 bridgehead atoms. The summed E-state index contributed by atoms with van der Waals surface area (Å²) in [7, 11) is 2.85. The predicted octanol–water partition coefficient (Wildman–Crippen LogP) is 2.86. The van der Waals surface area contributed by atoms with E-state index in [0.29, 0.717) is 22.9 Å². The van der Waals surface area contributed by atoms with Crippen LogP contribution in [0.3, 0.4) is 0 Å². The quantitative estimate of drug-likeness (QED) is 0.685. The molecule has 0 atom stereocenters. The van der Waals surface area contributed by atoms with Crippen molar-refractivity contribution < 1.29 is 19.0 Å². The molecule has 0 saturated heterocycles. The van der Waals surface area contributed by atoms with E-state index in [1.54, 1.807) is 31.4 Å². The molecule has 5 heteroatoms. The van der Waals surface area contributed by atoms with E-state index in [1.165, 1.54) is 13.2 Å². The Balaban J connectivity index is 2.40. The van der Waals surface area contributed by atoms with Gasteiger partial charge >= 0.3 is 5.97 Å². The maximum absolute atomic E-state index is 11.7. The number of carbonyl (C=O) groups excluding carboxylic acids is 1. The standard InChI is InChI=1S/C15H15NO4/c1-18-13-5-3-4-6-14(13)20-12-8-7-10(16)9-11(12)15(17)19-2/h3-9H,16H2,1-2H3. The Kier molecular flexibility index (Phi) is 4.10. The fourth-order valence-electron chi connectivity index (χ4n) is 1.73. The third-order valence-electron chi connectivity index (χ3n) is 2.70. The summed E-state index contributed by atoms with van der Waals surface area (Å²) >= 11 is 0. The van der Waals surface area contributed by atoms with Crippen molar-refractivity contribution in [1.29, 1.82) is 0 Å². The zero-order chi connectivity index (χ0) is 14.5. The molecule has 5 nitrogen and oxygen atoms in total. The number of nitrogens with two attached hydrogens (primary N) is 1. The summed E-state index contributed by atoms with van der Waals surface area (Å²) in [5, 5.41) is 0. The number of carbonyl (C=O) groups is 1. The first-order valence-electron chi connectivity index (χ1n) is 5.94. The molecule has 2 N–H and O–H groups in total. The molecule has 0 heterocycles. The minimum atomic E-state index is -0.512. The second-order valence-electron chi connectivity index (χ2n) is 4.00. The van der Waals surface area contributed by atoms with Gasteiger partial charge in [-0.25, -0.2) is 4.79 Å². The van der Waals surface area contributed by atoms with E-state index in [4.69, 9.17) is 19.9 Å². The SMILES string of the molecule is COC(=O)c1cc(N)ccc1Oc1ccccc1OC. The van der Waals surface area contributed by atoms with Crippen molar-refractivity contribution in [3.63, 3.8) is 0 Å². The molecule has 2 rings (SSSR count). The van der Waals surface area contributed by atoms with Crippen LogP contribution in [0.25, 0.3) is 0 Å². The van der Waals surface area contributed by atoms with Crippen molar-refractivity contribution in [2.75, 3.05) is 20.0 Å². The minimum Gasteiger partial charge on any atom is -0.493 e. The molecule has 0 spiro atoms. The van der Waals surface area contributed by atoms with Crippen LogP contribution in [0.5, 0.6) is 17.2 Å². The largest absolute Gasteiger partial charge is 0.493 e. The van der Waals surface area contributed by atoms with Crippen molar-refractivity contribution in [2.24, 2.45) is 0 Å². The number of nitrogen functional groups attached to an aromatic ring is 1. The van der Waals surface area contributed by atoms with Crippen molar-refractivity contribution in [1.82, 2.24) is 0 Å². The topological polar surface area (TPSA) is 70.8 Å². The van der Waals surface area contributed by atoms with E-state index in [0.717, 1.165) is 0 Å². The maximum Gasteiger partial charge on any atom is 0.341 e. The van der Waals surface area contributed by atoms with Gasteiger partial charge in [0.1, 0.15) is 11.3 Å². The van der Waals surface area contributed by atoms with Crippen LogP contribution in [0.2, 0.25) is 0 Å². The van der Waals surface area contributed by atoms with E-state index >= 15 is 0 Å². The molecule has 104 valence electrons. The van der Waals surface area contributed by atoms with Crippen LogP contribution in [-0.4, -0.2) is 20.2 Å². The molecular weight excluding hydrogens is 258 g/mol.